The third-order valence-corrected chi connectivity index (χ3v) is 2.81. The Morgan fingerprint density at radius 3 is 3.06 bits per heavy atom. The minimum Gasteiger partial charge on any atom is -0.368 e. The molecule has 0 aliphatic carbocycles. The highest BCUT2D eigenvalue weighted by Crippen LogP contribution is 2.20. The SMILES string of the molecule is CC(C)C(=O)N1CCO[C@@H](c2ccncn2)C1. The second-order valence-corrected chi connectivity index (χ2v) is 4.43. The normalized spacial score (nSPS) is 20.6. The van der Waals surface area contributed by atoms with E-state index in [0.29, 0.717) is 19.7 Å². The van der Waals surface area contributed by atoms with E-state index in [4.69, 9.17) is 4.74 Å². The van der Waals surface area contributed by atoms with Crippen molar-refractivity contribution < 1.29 is 9.53 Å². The predicted octanol–water partition coefficient (Wildman–Crippen LogP) is 1.03. The van der Waals surface area contributed by atoms with Gasteiger partial charge in [0.1, 0.15) is 12.4 Å². The first-order chi connectivity index (χ1) is 8.18. The van der Waals surface area contributed by atoms with E-state index in [1.54, 1.807) is 6.20 Å². The molecule has 1 atom stereocenters. The number of morpholine rings is 1. The van der Waals surface area contributed by atoms with Gasteiger partial charge in [-0.25, -0.2) is 9.97 Å². The quantitative estimate of drug-likeness (QED) is 0.768. The van der Waals surface area contributed by atoms with Crippen molar-refractivity contribution in [1.82, 2.24) is 14.9 Å². The summed E-state index contributed by atoms with van der Waals surface area (Å²) in [5, 5.41) is 0. The van der Waals surface area contributed by atoms with Gasteiger partial charge in [-0.3, -0.25) is 4.79 Å². The molecule has 1 aliphatic rings. The van der Waals surface area contributed by atoms with Crippen LogP contribution < -0.4 is 0 Å². The van der Waals surface area contributed by atoms with Crippen molar-refractivity contribution in [2.75, 3.05) is 19.7 Å². The first kappa shape index (κ1) is 12.0. The number of aromatic nitrogens is 2. The topological polar surface area (TPSA) is 55.3 Å². The van der Waals surface area contributed by atoms with Crippen LogP contribution in [0.3, 0.4) is 0 Å². The van der Waals surface area contributed by atoms with Gasteiger partial charge >= 0.3 is 0 Å². The molecule has 0 saturated carbocycles. The van der Waals surface area contributed by atoms with Crippen LogP contribution in [0.5, 0.6) is 0 Å². The maximum atomic E-state index is 11.9. The van der Waals surface area contributed by atoms with Gasteiger partial charge in [0.25, 0.3) is 0 Å². The molecule has 17 heavy (non-hydrogen) atoms. The molecule has 1 amide bonds. The van der Waals surface area contributed by atoms with E-state index in [9.17, 15) is 4.79 Å². The molecule has 0 bridgehead atoms. The molecule has 1 aromatic heterocycles. The first-order valence-corrected chi connectivity index (χ1v) is 5.85. The number of carbonyl (C=O) groups is 1. The molecule has 0 aromatic carbocycles. The molecule has 2 rings (SSSR count). The van der Waals surface area contributed by atoms with Gasteiger partial charge in [0, 0.05) is 18.7 Å². The van der Waals surface area contributed by atoms with Crippen LogP contribution in [0.1, 0.15) is 25.6 Å². The molecule has 0 N–H and O–H groups in total. The fourth-order valence-corrected chi connectivity index (χ4v) is 1.88. The number of carbonyl (C=O) groups excluding carboxylic acids is 1. The fraction of sp³-hybridized carbons (Fsp3) is 0.583. The molecular weight excluding hydrogens is 218 g/mol. The number of amides is 1. The smallest absolute Gasteiger partial charge is 0.225 e. The Labute approximate surface area is 101 Å². The van der Waals surface area contributed by atoms with Gasteiger partial charge in [-0.1, -0.05) is 13.8 Å². The molecule has 1 aromatic rings. The van der Waals surface area contributed by atoms with Crippen molar-refractivity contribution in [2.45, 2.75) is 20.0 Å². The van der Waals surface area contributed by atoms with Crippen molar-refractivity contribution in [3.05, 3.63) is 24.3 Å². The summed E-state index contributed by atoms with van der Waals surface area (Å²) >= 11 is 0. The molecule has 0 spiro atoms. The van der Waals surface area contributed by atoms with E-state index in [0.717, 1.165) is 5.69 Å². The van der Waals surface area contributed by atoms with E-state index < -0.39 is 0 Å². The summed E-state index contributed by atoms with van der Waals surface area (Å²) in [5.74, 6) is 0.200. The monoisotopic (exact) mass is 235 g/mol. The van der Waals surface area contributed by atoms with E-state index in [1.165, 1.54) is 6.33 Å². The van der Waals surface area contributed by atoms with Crippen molar-refractivity contribution in [1.29, 1.82) is 0 Å². The summed E-state index contributed by atoms with van der Waals surface area (Å²) < 4.78 is 5.64. The molecule has 2 heterocycles. The lowest BCUT2D eigenvalue weighted by atomic mass is 10.1. The maximum Gasteiger partial charge on any atom is 0.225 e. The van der Waals surface area contributed by atoms with E-state index in [1.807, 2.05) is 24.8 Å². The lowest BCUT2D eigenvalue weighted by molar-refractivity contribution is -0.142. The standard InChI is InChI=1S/C12H17N3O2/c1-9(2)12(16)15-5-6-17-11(7-15)10-3-4-13-8-14-10/h3-4,8-9,11H,5-7H2,1-2H3/t11-/m1/s1. The second-order valence-electron chi connectivity index (χ2n) is 4.43. The molecule has 1 fully saturated rings. The molecule has 5 heteroatoms. The van der Waals surface area contributed by atoms with Crippen molar-refractivity contribution in [3.63, 3.8) is 0 Å². The third kappa shape index (κ3) is 2.79. The Kier molecular flexibility index (Phi) is 3.68. The van der Waals surface area contributed by atoms with Crippen LogP contribution in [0.25, 0.3) is 0 Å². The highest BCUT2D eigenvalue weighted by Gasteiger charge is 2.27. The van der Waals surface area contributed by atoms with Crippen molar-refractivity contribution in [2.24, 2.45) is 5.92 Å². The molecule has 0 radical (unpaired) electrons. The minimum atomic E-state index is -0.130. The summed E-state index contributed by atoms with van der Waals surface area (Å²) in [5.41, 5.74) is 0.834. The Balaban J connectivity index is 2.05. The highest BCUT2D eigenvalue weighted by atomic mass is 16.5. The number of rotatable bonds is 2. The highest BCUT2D eigenvalue weighted by molar-refractivity contribution is 5.78. The lowest BCUT2D eigenvalue weighted by Crippen LogP contribution is -2.44. The zero-order valence-electron chi connectivity index (χ0n) is 10.2. The van der Waals surface area contributed by atoms with Gasteiger partial charge < -0.3 is 9.64 Å². The van der Waals surface area contributed by atoms with Gasteiger partial charge in [-0.2, -0.15) is 0 Å². The van der Waals surface area contributed by atoms with Crippen LogP contribution in [0.4, 0.5) is 0 Å². The summed E-state index contributed by atoms with van der Waals surface area (Å²) in [6.07, 6.45) is 3.06. The summed E-state index contributed by atoms with van der Waals surface area (Å²) in [6, 6.07) is 1.83. The van der Waals surface area contributed by atoms with Crippen molar-refractivity contribution >= 4 is 5.91 Å². The largest absolute Gasteiger partial charge is 0.368 e. The molecule has 92 valence electrons. The maximum absolute atomic E-state index is 11.9. The van der Waals surface area contributed by atoms with Crippen LogP contribution in [0.15, 0.2) is 18.6 Å². The molecule has 0 unspecified atom stereocenters. The van der Waals surface area contributed by atoms with Gasteiger partial charge in [0.15, 0.2) is 0 Å². The summed E-state index contributed by atoms with van der Waals surface area (Å²) in [6.45, 7) is 5.63. The zero-order chi connectivity index (χ0) is 12.3. The van der Waals surface area contributed by atoms with Crippen molar-refractivity contribution in [3.8, 4) is 0 Å². The number of nitrogens with zero attached hydrogens (tertiary/aromatic N) is 3. The number of ether oxygens (including phenoxy) is 1. The Hall–Kier alpha value is -1.49. The second kappa shape index (κ2) is 5.23. The van der Waals surface area contributed by atoms with Gasteiger partial charge in [0.05, 0.1) is 18.8 Å². The van der Waals surface area contributed by atoms with E-state index in [-0.39, 0.29) is 17.9 Å². The molecular formula is C12H17N3O2. The van der Waals surface area contributed by atoms with Crippen LogP contribution in [0, 0.1) is 5.92 Å². The predicted molar refractivity (Wildman–Crippen MR) is 62.1 cm³/mol. The molecule has 1 saturated heterocycles. The minimum absolute atomic E-state index is 0.0270. The van der Waals surface area contributed by atoms with Gasteiger partial charge in [0.2, 0.25) is 5.91 Å². The fourth-order valence-electron chi connectivity index (χ4n) is 1.88. The summed E-state index contributed by atoms with van der Waals surface area (Å²) in [7, 11) is 0. The first-order valence-electron chi connectivity index (χ1n) is 5.85. The van der Waals surface area contributed by atoms with Gasteiger partial charge in [-0.15, -0.1) is 0 Å². The Morgan fingerprint density at radius 2 is 2.41 bits per heavy atom. The van der Waals surface area contributed by atoms with E-state index in [2.05, 4.69) is 9.97 Å². The number of hydrogen-bond donors (Lipinski definition) is 0. The van der Waals surface area contributed by atoms with Gasteiger partial charge in [-0.05, 0) is 6.07 Å². The lowest BCUT2D eigenvalue weighted by Gasteiger charge is -2.33. The zero-order valence-corrected chi connectivity index (χ0v) is 10.2. The van der Waals surface area contributed by atoms with Crippen LogP contribution in [-0.4, -0.2) is 40.5 Å². The van der Waals surface area contributed by atoms with Crippen LogP contribution in [0.2, 0.25) is 0 Å². The third-order valence-electron chi connectivity index (χ3n) is 2.81. The average molecular weight is 235 g/mol. The Morgan fingerprint density at radius 1 is 1.59 bits per heavy atom. The van der Waals surface area contributed by atoms with Crippen LogP contribution >= 0.6 is 0 Å². The average Bonchev–Trinajstić information content (AvgIpc) is 2.39. The Bertz CT molecular complexity index is 381. The summed E-state index contributed by atoms with van der Waals surface area (Å²) in [4.78, 5) is 21.8. The van der Waals surface area contributed by atoms with Crippen LogP contribution in [-0.2, 0) is 9.53 Å². The van der Waals surface area contributed by atoms with E-state index >= 15 is 0 Å². The molecule has 5 nitrogen and oxygen atoms in total. The molecule has 1 aliphatic heterocycles. The number of hydrogen-bond acceptors (Lipinski definition) is 4.